The Morgan fingerprint density at radius 1 is 1.41 bits per heavy atom. The van der Waals surface area contributed by atoms with Crippen LogP contribution >= 0.6 is 0 Å². The first-order valence-corrected chi connectivity index (χ1v) is 5.49. The molecule has 0 bridgehead atoms. The molecule has 1 saturated heterocycles. The molecule has 0 saturated carbocycles. The summed E-state index contributed by atoms with van der Waals surface area (Å²) in [6.45, 7) is 0.136. The average molecular weight is 246 g/mol. The molecule has 0 radical (unpaired) electrons. The molecular weight excluding hydrogens is 228 g/mol. The van der Waals surface area contributed by atoms with Crippen LogP contribution in [0.1, 0.15) is 19.3 Å². The van der Waals surface area contributed by atoms with Gasteiger partial charge in [0.25, 0.3) is 0 Å². The molecule has 6 heteroatoms. The van der Waals surface area contributed by atoms with Crippen LogP contribution in [0, 0.1) is 0 Å². The first kappa shape index (κ1) is 14.1. The van der Waals surface area contributed by atoms with E-state index in [-0.39, 0.29) is 25.3 Å². The number of hydrogen-bond acceptors (Lipinski definition) is 6. The molecule has 0 amide bonds. The highest BCUT2D eigenvalue weighted by Crippen LogP contribution is 2.23. The molecule has 0 N–H and O–H groups in total. The highest BCUT2D eigenvalue weighted by molar-refractivity contribution is 5.70. The second-order valence-corrected chi connectivity index (χ2v) is 3.82. The van der Waals surface area contributed by atoms with Crippen molar-refractivity contribution in [3.63, 3.8) is 0 Å². The van der Waals surface area contributed by atoms with Crippen molar-refractivity contribution in [1.29, 1.82) is 0 Å². The van der Waals surface area contributed by atoms with Crippen LogP contribution in [-0.4, -0.2) is 51.6 Å². The lowest BCUT2D eigenvalue weighted by atomic mass is 9.99. The van der Waals surface area contributed by atoms with Gasteiger partial charge in [0.05, 0.1) is 25.7 Å². The summed E-state index contributed by atoms with van der Waals surface area (Å²) in [4.78, 5) is 21.9. The Kier molecular flexibility index (Phi) is 6.10. The molecule has 1 fully saturated rings. The van der Waals surface area contributed by atoms with E-state index in [0.717, 1.165) is 6.29 Å². The van der Waals surface area contributed by atoms with Gasteiger partial charge in [0.15, 0.2) is 0 Å². The molecule has 17 heavy (non-hydrogen) atoms. The van der Waals surface area contributed by atoms with Crippen LogP contribution in [0.4, 0.5) is 0 Å². The maximum absolute atomic E-state index is 11.2. The van der Waals surface area contributed by atoms with E-state index >= 15 is 0 Å². The molecular formula is C11H18O6. The molecule has 0 aromatic rings. The number of carbonyl (C=O) groups is 2. The van der Waals surface area contributed by atoms with Crippen molar-refractivity contribution >= 4 is 12.3 Å². The Morgan fingerprint density at radius 3 is 2.76 bits per heavy atom. The minimum absolute atomic E-state index is 0.0786. The molecule has 3 atom stereocenters. The minimum atomic E-state index is -0.466. The molecule has 1 aliphatic heterocycles. The summed E-state index contributed by atoms with van der Waals surface area (Å²) >= 11 is 0. The SMILES string of the molecule is COCO[C@@H]1CC[C@@H](C=O)O[C@@H]1CC(=O)OC. The summed E-state index contributed by atoms with van der Waals surface area (Å²) in [5.74, 6) is -0.382. The zero-order chi connectivity index (χ0) is 12.7. The lowest BCUT2D eigenvalue weighted by Crippen LogP contribution is -2.42. The first-order valence-electron chi connectivity index (χ1n) is 5.49. The van der Waals surface area contributed by atoms with Crippen LogP contribution in [0.25, 0.3) is 0 Å². The maximum atomic E-state index is 11.2. The average Bonchev–Trinajstić information content (AvgIpc) is 2.36. The van der Waals surface area contributed by atoms with Gasteiger partial charge in [-0.15, -0.1) is 0 Å². The fraction of sp³-hybridized carbons (Fsp3) is 0.818. The van der Waals surface area contributed by atoms with Gasteiger partial charge in [0.1, 0.15) is 19.2 Å². The Balaban J connectivity index is 2.54. The largest absolute Gasteiger partial charge is 0.469 e. The molecule has 0 aromatic carbocycles. The van der Waals surface area contributed by atoms with E-state index in [4.69, 9.17) is 14.2 Å². The van der Waals surface area contributed by atoms with E-state index in [9.17, 15) is 9.59 Å². The van der Waals surface area contributed by atoms with E-state index in [0.29, 0.717) is 12.8 Å². The van der Waals surface area contributed by atoms with E-state index in [1.165, 1.54) is 14.2 Å². The van der Waals surface area contributed by atoms with Gasteiger partial charge in [-0.05, 0) is 12.8 Å². The third-order valence-corrected chi connectivity index (χ3v) is 2.65. The van der Waals surface area contributed by atoms with Crippen molar-refractivity contribution < 1.29 is 28.5 Å². The van der Waals surface area contributed by atoms with Crippen LogP contribution in [0.2, 0.25) is 0 Å². The van der Waals surface area contributed by atoms with Crippen molar-refractivity contribution in [3.05, 3.63) is 0 Å². The lowest BCUT2D eigenvalue weighted by molar-refractivity contribution is -0.180. The zero-order valence-corrected chi connectivity index (χ0v) is 10.1. The van der Waals surface area contributed by atoms with Crippen LogP contribution < -0.4 is 0 Å². The lowest BCUT2D eigenvalue weighted by Gasteiger charge is -2.33. The predicted octanol–water partition coefficient (Wildman–Crippen LogP) is 0.285. The minimum Gasteiger partial charge on any atom is -0.469 e. The molecule has 0 spiro atoms. The number of esters is 1. The van der Waals surface area contributed by atoms with Gasteiger partial charge in [-0.25, -0.2) is 0 Å². The third-order valence-electron chi connectivity index (χ3n) is 2.65. The van der Waals surface area contributed by atoms with Crippen molar-refractivity contribution in [1.82, 2.24) is 0 Å². The van der Waals surface area contributed by atoms with Crippen LogP contribution in [0.5, 0.6) is 0 Å². The molecule has 6 nitrogen and oxygen atoms in total. The molecule has 1 rings (SSSR count). The van der Waals surface area contributed by atoms with E-state index in [1.54, 1.807) is 0 Å². The van der Waals surface area contributed by atoms with Gasteiger partial charge in [0.2, 0.25) is 0 Å². The van der Waals surface area contributed by atoms with Crippen LogP contribution in [0.15, 0.2) is 0 Å². The zero-order valence-electron chi connectivity index (χ0n) is 10.1. The first-order chi connectivity index (χ1) is 8.21. The molecule has 0 unspecified atom stereocenters. The quantitative estimate of drug-likeness (QED) is 0.381. The van der Waals surface area contributed by atoms with E-state index < -0.39 is 12.2 Å². The van der Waals surface area contributed by atoms with Gasteiger partial charge >= 0.3 is 5.97 Å². The summed E-state index contributed by atoms with van der Waals surface area (Å²) in [5, 5.41) is 0. The summed E-state index contributed by atoms with van der Waals surface area (Å²) < 4.78 is 20.3. The highest BCUT2D eigenvalue weighted by Gasteiger charge is 2.33. The van der Waals surface area contributed by atoms with Gasteiger partial charge < -0.3 is 23.7 Å². The van der Waals surface area contributed by atoms with Crippen molar-refractivity contribution in [2.24, 2.45) is 0 Å². The highest BCUT2D eigenvalue weighted by atomic mass is 16.7. The molecule has 1 heterocycles. The number of hydrogen-bond donors (Lipinski definition) is 0. The summed E-state index contributed by atoms with van der Waals surface area (Å²) in [6, 6.07) is 0. The van der Waals surface area contributed by atoms with E-state index in [1.807, 2.05) is 0 Å². The Hall–Kier alpha value is -0.980. The van der Waals surface area contributed by atoms with Crippen LogP contribution in [-0.2, 0) is 28.5 Å². The molecule has 0 aliphatic carbocycles. The molecule has 0 aromatic heterocycles. The molecule has 1 aliphatic rings. The Morgan fingerprint density at radius 2 is 2.18 bits per heavy atom. The summed E-state index contributed by atoms with van der Waals surface area (Å²) in [7, 11) is 2.83. The number of carbonyl (C=O) groups excluding carboxylic acids is 2. The molecule has 98 valence electrons. The Labute approximate surface area is 100 Å². The fourth-order valence-corrected chi connectivity index (χ4v) is 1.77. The van der Waals surface area contributed by atoms with Gasteiger partial charge in [-0.2, -0.15) is 0 Å². The fourth-order valence-electron chi connectivity index (χ4n) is 1.77. The van der Waals surface area contributed by atoms with Gasteiger partial charge in [-0.1, -0.05) is 0 Å². The number of rotatable bonds is 6. The normalized spacial score (nSPS) is 28.7. The van der Waals surface area contributed by atoms with Crippen molar-refractivity contribution in [2.75, 3.05) is 21.0 Å². The smallest absolute Gasteiger partial charge is 0.308 e. The topological polar surface area (TPSA) is 71.1 Å². The van der Waals surface area contributed by atoms with Crippen LogP contribution in [0.3, 0.4) is 0 Å². The summed E-state index contributed by atoms with van der Waals surface area (Å²) in [6.07, 6.45) is 0.912. The third kappa shape index (κ3) is 4.41. The maximum Gasteiger partial charge on any atom is 0.308 e. The van der Waals surface area contributed by atoms with Gasteiger partial charge in [0, 0.05) is 7.11 Å². The van der Waals surface area contributed by atoms with Gasteiger partial charge in [-0.3, -0.25) is 4.79 Å². The summed E-state index contributed by atoms with van der Waals surface area (Å²) in [5.41, 5.74) is 0. The second kappa shape index (κ2) is 7.37. The predicted molar refractivity (Wildman–Crippen MR) is 57.3 cm³/mol. The monoisotopic (exact) mass is 246 g/mol. The number of aldehydes is 1. The van der Waals surface area contributed by atoms with Crippen molar-refractivity contribution in [2.45, 2.75) is 37.6 Å². The number of methoxy groups -OCH3 is 2. The van der Waals surface area contributed by atoms with Crippen molar-refractivity contribution in [3.8, 4) is 0 Å². The standard InChI is InChI=1S/C11H18O6/c1-14-7-16-9-4-3-8(6-12)17-10(9)5-11(13)15-2/h6,8-10H,3-5,7H2,1-2H3/t8-,9+,10+/m0/s1. The second-order valence-electron chi connectivity index (χ2n) is 3.82. The Bertz CT molecular complexity index is 254. The van der Waals surface area contributed by atoms with E-state index in [2.05, 4.69) is 4.74 Å². The number of ether oxygens (including phenoxy) is 4.